The van der Waals surface area contributed by atoms with Gasteiger partial charge in [0.15, 0.2) is 0 Å². The van der Waals surface area contributed by atoms with Crippen LogP contribution in [-0.4, -0.2) is 6.17 Å². The minimum absolute atomic E-state index is 0.214. The maximum absolute atomic E-state index is 12.7. The topological polar surface area (TPSA) is 0 Å². The standard InChI is InChI=1S/C8H13F/c1-6-3-4-8(9)7(2)5-6/h7-8H,1,3-5H2,2H3. The van der Waals surface area contributed by atoms with Crippen molar-refractivity contribution in [1.29, 1.82) is 0 Å². The van der Waals surface area contributed by atoms with Gasteiger partial charge in [-0.15, -0.1) is 0 Å². The van der Waals surface area contributed by atoms with E-state index in [1.54, 1.807) is 0 Å². The van der Waals surface area contributed by atoms with Crippen LogP contribution >= 0.6 is 0 Å². The molecule has 0 aromatic carbocycles. The number of allylic oxidation sites excluding steroid dienone is 1. The second-order valence-corrected chi connectivity index (χ2v) is 2.99. The molecule has 1 heteroatoms. The summed E-state index contributed by atoms with van der Waals surface area (Å²) in [4.78, 5) is 0. The Kier molecular flexibility index (Phi) is 1.89. The van der Waals surface area contributed by atoms with Crippen LogP contribution in [0.4, 0.5) is 4.39 Å². The molecule has 0 aliphatic heterocycles. The van der Waals surface area contributed by atoms with Crippen LogP contribution in [0.1, 0.15) is 26.2 Å². The van der Waals surface area contributed by atoms with Crippen molar-refractivity contribution >= 4 is 0 Å². The lowest BCUT2D eigenvalue weighted by atomic mass is 9.86. The zero-order valence-corrected chi connectivity index (χ0v) is 5.86. The molecule has 52 valence electrons. The molecule has 0 saturated heterocycles. The molecule has 1 rings (SSSR count). The summed E-state index contributed by atoms with van der Waals surface area (Å²) in [6.07, 6.45) is 1.91. The zero-order valence-electron chi connectivity index (χ0n) is 5.86. The summed E-state index contributed by atoms with van der Waals surface area (Å²) in [5.41, 5.74) is 1.22. The predicted octanol–water partition coefficient (Wildman–Crippen LogP) is 2.70. The maximum atomic E-state index is 12.7. The molecular weight excluding hydrogens is 115 g/mol. The summed E-state index contributed by atoms with van der Waals surface area (Å²) in [5.74, 6) is 0.214. The van der Waals surface area contributed by atoms with Crippen molar-refractivity contribution < 1.29 is 4.39 Å². The first-order chi connectivity index (χ1) is 4.20. The smallest absolute Gasteiger partial charge is 0.103 e. The number of hydrogen-bond donors (Lipinski definition) is 0. The highest BCUT2D eigenvalue weighted by Crippen LogP contribution is 2.28. The van der Waals surface area contributed by atoms with Crippen molar-refractivity contribution in [3.8, 4) is 0 Å². The number of rotatable bonds is 0. The van der Waals surface area contributed by atoms with Crippen LogP contribution in [0.15, 0.2) is 12.2 Å². The molecule has 9 heavy (non-hydrogen) atoms. The summed E-state index contributed by atoms with van der Waals surface area (Å²) in [6.45, 7) is 5.79. The molecule has 0 radical (unpaired) electrons. The van der Waals surface area contributed by atoms with E-state index >= 15 is 0 Å². The summed E-state index contributed by atoms with van der Waals surface area (Å²) in [7, 11) is 0. The van der Waals surface area contributed by atoms with Gasteiger partial charge < -0.3 is 0 Å². The third-order valence-electron chi connectivity index (χ3n) is 2.00. The normalized spacial score (nSPS) is 36.9. The van der Waals surface area contributed by atoms with Crippen LogP contribution in [-0.2, 0) is 0 Å². The quantitative estimate of drug-likeness (QED) is 0.440. The molecule has 1 aliphatic rings. The Morgan fingerprint density at radius 2 is 2.33 bits per heavy atom. The third-order valence-corrected chi connectivity index (χ3v) is 2.00. The van der Waals surface area contributed by atoms with E-state index in [-0.39, 0.29) is 5.92 Å². The molecule has 2 atom stereocenters. The molecule has 2 unspecified atom stereocenters. The van der Waals surface area contributed by atoms with Gasteiger partial charge in [0.25, 0.3) is 0 Å². The fraction of sp³-hybridized carbons (Fsp3) is 0.750. The van der Waals surface area contributed by atoms with Crippen molar-refractivity contribution in [2.75, 3.05) is 0 Å². The SMILES string of the molecule is C=C1CCC(F)C(C)C1. The molecule has 0 aromatic heterocycles. The van der Waals surface area contributed by atoms with E-state index in [1.165, 1.54) is 5.57 Å². The maximum Gasteiger partial charge on any atom is 0.103 e. The number of halogens is 1. The van der Waals surface area contributed by atoms with Crippen LogP contribution in [0.25, 0.3) is 0 Å². The average molecular weight is 128 g/mol. The van der Waals surface area contributed by atoms with Gasteiger partial charge in [-0.2, -0.15) is 0 Å². The highest BCUT2D eigenvalue weighted by Gasteiger charge is 2.21. The Labute approximate surface area is 55.8 Å². The minimum Gasteiger partial charge on any atom is -0.247 e. The summed E-state index contributed by atoms with van der Waals surface area (Å²) in [5, 5.41) is 0. The van der Waals surface area contributed by atoms with Crippen LogP contribution in [0.5, 0.6) is 0 Å². The molecule has 1 fully saturated rings. The van der Waals surface area contributed by atoms with Crippen molar-refractivity contribution in [1.82, 2.24) is 0 Å². The fourth-order valence-corrected chi connectivity index (χ4v) is 1.31. The highest BCUT2D eigenvalue weighted by molar-refractivity contribution is 5.00. The Hall–Kier alpha value is -0.330. The van der Waals surface area contributed by atoms with E-state index in [0.717, 1.165) is 12.8 Å². The first-order valence-corrected chi connectivity index (χ1v) is 3.51. The molecule has 0 aromatic rings. The predicted molar refractivity (Wildman–Crippen MR) is 37.1 cm³/mol. The number of hydrogen-bond acceptors (Lipinski definition) is 0. The largest absolute Gasteiger partial charge is 0.247 e. The molecule has 1 saturated carbocycles. The van der Waals surface area contributed by atoms with E-state index < -0.39 is 6.17 Å². The van der Waals surface area contributed by atoms with Gasteiger partial charge in [0.1, 0.15) is 6.17 Å². The van der Waals surface area contributed by atoms with E-state index in [0.29, 0.717) is 6.42 Å². The third kappa shape index (κ3) is 1.54. The van der Waals surface area contributed by atoms with Gasteiger partial charge in [0.05, 0.1) is 0 Å². The first-order valence-electron chi connectivity index (χ1n) is 3.51. The minimum atomic E-state index is -0.574. The van der Waals surface area contributed by atoms with Crippen LogP contribution in [0, 0.1) is 5.92 Å². The highest BCUT2D eigenvalue weighted by atomic mass is 19.1. The Balaban J connectivity index is 2.44. The molecule has 0 spiro atoms. The van der Waals surface area contributed by atoms with Gasteiger partial charge in [-0.25, -0.2) is 4.39 Å². The van der Waals surface area contributed by atoms with Gasteiger partial charge in [0, 0.05) is 0 Å². The molecule has 0 N–H and O–H groups in total. The summed E-state index contributed by atoms with van der Waals surface area (Å²) < 4.78 is 12.7. The molecule has 0 nitrogen and oxygen atoms in total. The molecule has 0 heterocycles. The fourth-order valence-electron chi connectivity index (χ4n) is 1.31. The second kappa shape index (κ2) is 2.51. The van der Waals surface area contributed by atoms with Gasteiger partial charge in [-0.1, -0.05) is 19.1 Å². The number of alkyl halides is 1. The van der Waals surface area contributed by atoms with Crippen molar-refractivity contribution in [2.24, 2.45) is 5.92 Å². The molecular formula is C8H13F. The lowest BCUT2D eigenvalue weighted by Gasteiger charge is -2.23. The van der Waals surface area contributed by atoms with Gasteiger partial charge >= 0.3 is 0 Å². The molecule has 0 bridgehead atoms. The molecule has 1 aliphatic carbocycles. The van der Waals surface area contributed by atoms with E-state index in [1.807, 2.05) is 6.92 Å². The van der Waals surface area contributed by atoms with Crippen LogP contribution in [0.2, 0.25) is 0 Å². The van der Waals surface area contributed by atoms with Crippen LogP contribution < -0.4 is 0 Å². The van der Waals surface area contributed by atoms with E-state index in [4.69, 9.17) is 0 Å². The monoisotopic (exact) mass is 128 g/mol. The van der Waals surface area contributed by atoms with E-state index in [9.17, 15) is 4.39 Å². The van der Waals surface area contributed by atoms with Crippen molar-refractivity contribution in [2.45, 2.75) is 32.4 Å². The van der Waals surface area contributed by atoms with Gasteiger partial charge in [0.2, 0.25) is 0 Å². The van der Waals surface area contributed by atoms with E-state index in [2.05, 4.69) is 6.58 Å². The van der Waals surface area contributed by atoms with Crippen LogP contribution in [0.3, 0.4) is 0 Å². The Morgan fingerprint density at radius 3 is 2.78 bits per heavy atom. The summed E-state index contributed by atoms with van der Waals surface area (Å²) >= 11 is 0. The zero-order chi connectivity index (χ0) is 6.85. The van der Waals surface area contributed by atoms with Gasteiger partial charge in [-0.05, 0) is 25.2 Å². The average Bonchev–Trinajstić information content (AvgIpc) is 1.80. The van der Waals surface area contributed by atoms with Crippen molar-refractivity contribution in [3.63, 3.8) is 0 Å². The lowest BCUT2D eigenvalue weighted by Crippen LogP contribution is -2.18. The summed E-state index contributed by atoms with van der Waals surface area (Å²) in [6, 6.07) is 0. The Bertz CT molecular complexity index is 118. The first kappa shape index (κ1) is 6.79. The van der Waals surface area contributed by atoms with Gasteiger partial charge in [-0.3, -0.25) is 0 Å². The van der Waals surface area contributed by atoms with Crippen molar-refractivity contribution in [3.05, 3.63) is 12.2 Å². The Morgan fingerprint density at radius 1 is 1.67 bits per heavy atom. The molecule has 0 amide bonds. The lowest BCUT2D eigenvalue weighted by molar-refractivity contribution is 0.205. The second-order valence-electron chi connectivity index (χ2n) is 2.99.